The molecule has 1 aromatic heterocycles. The summed E-state index contributed by atoms with van der Waals surface area (Å²) in [6, 6.07) is 8.03. The number of nitrogens with zero attached hydrogens (tertiary/aromatic N) is 2. The van der Waals surface area contributed by atoms with Crippen molar-refractivity contribution >= 4 is 16.5 Å². The monoisotopic (exact) mass is 263 g/mol. The number of ether oxygens (including phenoxy) is 1. The summed E-state index contributed by atoms with van der Waals surface area (Å²) in [7, 11) is 0. The van der Waals surface area contributed by atoms with Gasteiger partial charge in [-0.1, -0.05) is 36.5 Å². The van der Waals surface area contributed by atoms with Crippen molar-refractivity contribution in [2.75, 3.05) is 11.9 Å². The number of rotatable bonds is 6. The Bertz CT molecular complexity index is 498. The molecule has 2 rings (SSSR count). The summed E-state index contributed by atoms with van der Waals surface area (Å²) in [5.41, 5.74) is 1.13. The minimum atomic E-state index is 0.676. The third-order valence-corrected chi connectivity index (χ3v) is 3.50. The molecule has 0 radical (unpaired) electrons. The Morgan fingerprint density at radius 2 is 2.06 bits per heavy atom. The Labute approximate surface area is 111 Å². The van der Waals surface area contributed by atoms with Gasteiger partial charge in [-0.2, -0.15) is 0 Å². The fraction of sp³-hybridized carbons (Fsp3) is 0.385. The maximum absolute atomic E-state index is 5.58. The molecule has 0 atom stereocenters. The van der Waals surface area contributed by atoms with Crippen molar-refractivity contribution < 1.29 is 4.74 Å². The molecule has 4 nitrogen and oxygen atoms in total. The van der Waals surface area contributed by atoms with E-state index in [0.29, 0.717) is 13.2 Å². The van der Waals surface area contributed by atoms with Crippen LogP contribution in [0.1, 0.15) is 24.4 Å². The summed E-state index contributed by atoms with van der Waals surface area (Å²) < 4.78 is 5.58. The van der Waals surface area contributed by atoms with Crippen molar-refractivity contribution in [2.45, 2.75) is 26.8 Å². The highest BCUT2D eigenvalue weighted by Gasteiger charge is 2.05. The quantitative estimate of drug-likeness (QED) is 0.870. The molecular weight excluding hydrogens is 246 g/mol. The third kappa shape index (κ3) is 3.20. The van der Waals surface area contributed by atoms with Crippen molar-refractivity contribution in [3.05, 3.63) is 34.8 Å². The van der Waals surface area contributed by atoms with Gasteiger partial charge in [-0.25, -0.2) is 0 Å². The lowest BCUT2D eigenvalue weighted by Gasteiger charge is -2.09. The average molecular weight is 263 g/mol. The first-order valence-electron chi connectivity index (χ1n) is 6.10. The van der Waals surface area contributed by atoms with Crippen LogP contribution in [0.25, 0.3) is 0 Å². The molecule has 0 aliphatic carbocycles. The van der Waals surface area contributed by atoms with Gasteiger partial charge >= 0.3 is 0 Å². The van der Waals surface area contributed by atoms with Gasteiger partial charge in [0.1, 0.15) is 10.8 Å². The summed E-state index contributed by atoms with van der Waals surface area (Å²) in [6.07, 6.45) is 0.925. The van der Waals surface area contributed by atoms with E-state index in [4.69, 9.17) is 4.74 Å². The Kier molecular flexibility index (Phi) is 4.52. The number of benzene rings is 1. The molecule has 1 heterocycles. The maximum Gasteiger partial charge on any atom is 0.205 e. The molecule has 0 aliphatic rings. The molecule has 0 unspecified atom stereocenters. The van der Waals surface area contributed by atoms with Crippen LogP contribution in [0, 0.1) is 0 Å². The fourth-order valence-electron chi connectivity index (χ4n) is 1.58. The lowest BCUT2D eigenvalue weighted by atomic mass is 10.2. The van der Waals surface area contributed by atoms with Crippen LogP contribution in [-0.2, 0) is 13.0 Å². The highest BCUT2D eigenvalue weighted by molar-refractivity contribution is 7.15. The molecule has 1 N–H and O–H groups in total. The van der Waals surface area contributed by atoms with E-state index in [1.807, 2.05) is 25.1 Å². The van der Waals surface area contributed by atoms with Crippen LogP contribution in [0.15, 0.2) is 24.3 Å². The molecule has 0 amide bonds. The lowest BCUT2D eigenvalue weighted by molar-refractivity contribution is 0.337. The topological polar surface area (TPSA) is 47.0 Å². The first-order valence-corrected chi connectivity index (χ1v) is 6.92. The molecule has 0 spiro atoms. The molecule has 0 saturated heterocycles. The second-order valence-corrected chi connectivity index (χ2v) is 4.81. The van der Waals surface area contributed by atoms with Crippen LogP contribution in [-0.4, -0.2) is 16.8 Å². The summed E-state index contributed by atoms with van der Waals surface area (Å²) in [5.74, 6) is 0.924. The summed E-state index contributed by atoms with van der Waals surface area (Å²) in [5, 5.41) is 13.4. The second kappa shape index (κ2) is 6.35. The molecule has 96 valence electrons. The average Bonchev–Trinajstić information content (AvgIpc) is 2.86. The predicted octanol–water partition coefficient (Wildman–Crippen LogP) is 3.11. The molecule has 0 bridgehead atoms. The zero-order valence-electron chi connectivity index (χ0n) is 10.6. The van der Waals surface area contributed by atoms with Gasteiger partial charge in [0.2, 0.25) is 5.13 Å². The van der Waals surface area contributed by atoms with Gasteiger partial charge in [-0.3, -0.25) is 0 Å². The van der Waals surface area contributed by atoms with Gasteiger partial charge in [0, 0.05) is 12.1 Å². The first kappa shape index (κ1) is 12.8. The van der Waals surface area contributed by atoms with Gasteiger partial charge < -0.3 is 10.1 Å². The molecule has 2 aromatic rings. The minimum Gasteiger partial charge on any atom is -0.494 e. The van der Waals surface area contributed by atoms with Crippen LogP contribution in [0.2, 0.25) is 0 Å². The van der Waals surface area contributed by atoms with E-state index in [0.717, 1.165) is 27.9 Å². The SMILES string of the molecule is CCOc1ccccc1CNc1nnc(CC)s1. The van der Waals surface area contributed by atoms with E-state index in [1.165, 1.54) is 0 Å². The van der Waals surface area contributed by atoms with Crippen LogP contribution in [0.5, 0.6) is 5.75 Å². The molecule has 5 heteroatoms. The van der Waals surface area contributed by atoms with Crippen molar-refractivity contribution in [1.29, 1.82) is 0 Å². The Balaban J connectivity index is 2.01. The van der Waals surface area contributed by atoms with E-state index in [1.54, 1.807) is 11.3 Å². The first-order chi connectivity index (χ1) is 8.83. The van der Waals surface area contributed by atoms with Crippen LogP contribution in [0.3, 0.4) is 0 Å². The highest BCUT2D eigenvalue weighted by atomic mass is 32.1. The van der Waals surface area contributed by atoms with Crippen LogP contribution < -0.4 is 10.1 Å². The molecule has 1 aromatic carbocycles. The summed E-state index contributed by atoms with van der Waals surface area (Å²) in [6.45, 7) is 5.45. The van der Waals surface area contributed by atoms with E-state index in [-0.39, 0.29) is 0 Å². The van der Waals surface area contributed by atoms with Crippen LogP contribution >= 0.6 is 11.3 Å². The van der Waals surface area contributed by atoms with Gasteiger partial charge in [-0.15, -0.1) is 10.2 Å². The number of hydrogen-bond donors (Lipinski definition) is 1. The van der Waals surface area contributed by atoms with Crippen LogP contribution in [0.4, 0.5) is 5.13 Å². The van der Waals surface area contributed by atoms with Crippen molar-refractivity contribution in [1.82, 2.24) is 10.2 Å². The van der Waals surface area contributed by atoms with E-state index < -0.39 is 0 Å². The van der Waals surface area contributed by atoms with E-state index in [9.17, 15) is 0 Å². The number of anilines is 1. The number of aryl methyl sites for hydroxylation is 1. The normalized spacial score (nSPS) is 10.3. The molecule has 0 fully saturated rings. The largest absolute Gasteiger partial charge is 0.494 e. The van der Waals surface area contributed by atoms with E-state index >= 15 is 0 Å². The lowest BCUT2D eigenvalue weighted by Crippen LogP contribution is -2.02. The standard InChI is InChI=1S/C13H17N3OS/c1-3-12-15-16-13(18-12)14-9-10-7-5-6-8-11(10)17-4-2/h5-8H,3-4,9H2,1-2H3,(H,14,16). The van der Waals surface area contributed by atoms with Gasteiger partial charge in [0.05, 0.1) is 6.61 Å². The van der Waals surface area contributed by atoms with Crippen molar-refractivity contribution in [2.24, 2.45) is 0 Å². The smallest absolute Gasteiger partial charge is 0.205 e. The minimum absolute atomic E-state index is 0.676. The second-order valence-electron chi connectivity index (χ2n) is 3.75. The zero-order chi connectivity index (χ0) is 12.8. The number of hydrogen-bond acceptors (Lipinski definition) is 5. The molecular formula is C13H17N3OS. The van der Waals surface area contributed by atoms with E-state index in [2.05, 4.69) is 28.5 Å². The zero-order valence-corrected chi connectivity index (χ0v) is 11.5. The molecule has 0 aliphatic heterocycles. The Hall–Kier alpha value is -1.62. The number of aromatic nitrogens is 2. The predicted molar refractivity (Wildman–Crippen MR) is 74.2 cm³/mol. The maximum atomic E-state index is 5.58. The third-order valence-electron chi connectivity index (χ3n) is 2.47. The fourth-order valence-corrected chi connectivity index (χ4v) is 2.26. The van der Waals surface area contributed by atoms with Gasteiger partial charge in [0.25, 0.3) is 0 Å². The number of nitrogens with one attached hydrogen (secondary N) is 1. The van der Waals surface area contributed by atoms with Crippen molar-refractivity contribution in [3.8, 4) is 5.75 Å². The molecule has 0 saturated carbocycles. The van der Waals surface area contributed by atoms with Gasteiger partial charge in [-0.05, 0) is 19.4 Å². The Morgan fingerprint density at radius 3 is 2.78 bits per heavy atom. The molecule has 18 heavy (non-hydrogen) atoms. The van der Waals surface area contributed by atoms with Crippen molar-refractivity contribution in [3.63, 3.8) is 0 Å². The summed E-state index contributed by atoms with van der Waals surface area (Å²) in [4.78, 5) is 0. The highest BCUT2D eigenvalue weighted by Crippen LogP contribution is 2.21. The van der Waals surface area contributed by atoms with Gasteiger partial charge in [0.15, 0.2) is 0 Å². The number of para-hydroxylation sites is 1. The Morgan fingerprint density at radius 1 is 1.22 bits per heavy atom. The summed E-state index contributed by atoms with van der Waals surface area (Å²) >= 11 is 1.60.